The molecule has 0 N–H and O–H groups in total. The van der Waals surface area contributed by atoms with Crippen LogP contribution < -0.4 is 9.80 Å². The Morgan fingerprint density at radius 2 is 1.54 bits per heavy atom. The Morgan fingerprint density at radius 1 is 0.929 bits per heavy atom. The van der Waals surface area contributed by atoms with Gasteiger partial charge in [0.05, 0.1) is 22.5 Å². The predicted octanol–water partition coefficient (Wildman–Crippen LogP) is 2.62. The van der Waals surface area contributed by atoms with Crippen LogP contribution in [-0.2, 0) is 4.74 Å². The quantitative estimate of drug-likeness (QED) is 0.437. The lowest BCUT2D eigenvalue weighted by atomic mass is 10.1. The van der Waals surface area contributed by atoms with Gasteiger partial charge < -0.3 is 14.5 Å². The Morgan fingerprint density at radius 3 is 2.07 bits per heavy atom. The van der Waals surface area contributed by atoms with Gasteiger partial charge >= 0.3 is 5.97 Å². The van der Waals surface area contributed by atoms with Gasteiger partial charge in [-0.2, -0.15) is 0 Å². The molecule has 0 spiro atoms. The van der Waals surface area contributed by atoms with Gasteiger partial charge in [-0.05, 0) is 24.3 Å². The summed E-state index contributed by atoms with van der Waals surface area (Å²) in [6.07, 6.45) is 0. The summed E-state index contributed by atoms with van der Waals surface area (Å²) in [6, 6.07) is 10.6. The molecule has 146 valence electrons. The molecular formula is C18H18N4O6. The average molecular weight is 386 g/mol. The van der Waals surface area contributed by atoms with Gasteiger partial charge in [-0.1, -0.05) is 0 Å². The number of nitro groups is 2. The highest BCUT2D eigenvalue weighted by Gasteiger charge is 2.25. The van der Waals surface area contributed by atoms with Crippen molar-refractivity contribution in [2.45, 2.75) is 0 Å². The topological polar surface area (TPSA) is 119 Å². The predicted molar refractivity (Wildman–Crippen MR) is 102 cm³/mol. The monoisotopic (exact) mass is 386 g/mol. The van der Waals surface area contributed by atoms with Crippen molar-refractivity contribution in [3.05, 3.63) is 68.3 Å². The zero-order valence-corrected chi connectivity index (χ0v) is 15.1. The maximum atomic E-state index is 11.6. The van der Waals surface area contributed by atoms with Crippen LogP contribution in [0.5, 0.6) is 0 Å². The van der Waals surface area contributed by atoms with E-state index in [9.17, 15) is 25.0 Å². The van der Waals surface area contributed by atoms with Crippen molar-refractivity contribution >= 4 is 28.7 Å². The number of nitrogens with zero attached hydrogens (tertiary/aromatic N) is 4. The second-order valence-electron chi connectivity index (χ2n) is 6.20. The number of esters is 1. The molecule has 0 amide bonds. The van der Waals surface area contributed by atoms with Crippen LogP contribution >= 0.6 is 0 Å². The highest BCUT2D eigenvalue weighted by Crippen LogP contribution is 2.31. The number of nitro benzene ring substituents is 2. The zero-order valence-electron chi connectivity index (χ0n) is 15.1. The van der Waals surface area contributed by atoms with Gasteiger partial charge in [0.1, 0.15) is 5.69 Å². The Kier molecular flexibility index (Phi) is 5.39. The Labute approximate surface area is 160 Å². The number of hydrogen-bond donors (Lipinski definition) is 0. The largest absolute Gasteiger partial charge is 0.465 e. The van der Waals surface area contributed by atoms with E-state index in [0.29, 0.717) is 31.9 Å². The van der Waals surface area contributed by atoms with Crippen LogP contribution in [0.4, 0.5) is 22.7 Å². The normalized spacial score (nSPS) is 13.9. The van der Waals surface area contributed by atoms with E-state index in [-0.39, 0.29) is 16.9 Å². The Balaban J connectivity index is 1.74. The lowest BCUT2D eigenvalue weighted by molar-refractivity contribution is -0.384. The molecule has 3 rings (SSSR count). The van der Waals surface area contributed by atoms with Gasteiger partial charge in [0.2, 0.25) is 0 Å². The molecule has 0 atom stereocenters. The molecular weight excluding hydrogens is 368 g/mol. The molecule has 0 aliphatic carbocycles. The van der Waals surface area contributed by atoms with Crippen LogP contribution in [0.1, 0.15) is 10.4 Å². The van der Waals surface area contributed by atoms with Gasteiger partial charge in [-0.25, -0.2) is 4.79 Å². The van der Waals surface area contributed by atoms with Gasteiger partial charge in [-0.3, -0.25) is 20.2 Å². The lowest BCUT2D eigenvalue weighted by Gasteiger charge is -2.37. The van der Waals surface area contributed by atoms with E-state index >= 15 is 0 Å². The van der Waals surface area contributed by atoms with Crippen molar-refractivity contribution in [1.82, 2.24) is 0 Å². The number of methoxy groups -OCH3 is 1. The van der Waals surface area contributed by atoms with E-state index in [1.165, 1.54) is 31.4 Å². The second-order valence-corrected chi connectivity index (χ2v) is 6.20. The summed E-state index contributed by atoms with van der Waals surface area (Å²) >= 11 is 0. The molecule has 1 aliphatic heterocycles. The van der Waals surface area contributed by atoms with E-state index < -0.39 is 15.8 Å². The first-order chi connectivity index (χ1) is 13.4. The van der Waals surface area contributed by atoms with Crippen LogP contribution in [-0.4, -0.2) is 49.1 Å². The second kappa shape index (κ2) is 7.91. The molecule has 0 bridgehead atoms. The SMILES string of the molecule is COC(=O)c1ccc(N2CCN(c3ccc([N+](=O)[O-])cc3)CC2)c([N+](=O)[O-])c1. The minimum atomic E-state index is -0.627. The van der Waals surface area contributed by atoms with E-state index in [1.807, 2.05) is 4.90 Å². The minimum Gasteiger partial charge on any atom is -0.465 e. The molecule has 10 heteroatoms. The molecule has 1 fully saturated rings. The van der Waals surface area contributed by atoms with Gasteiger partial charge in [0.15, 0.2) is 0 Å². The number of carbonyl (C=O) groups is 1. The van der Waals surface area contributed by atoms with Crippen molar-refractivity contribution in [3.63, 3.8) is 0 Å². The molecule has 2 aromatic carbocycles. The minimum absolute atomic E-state index is 0.0312. The number of piperazine rings is 1. The molecule has 0 unspecified atom stereocenters. The first kappa shape index (κ1) is 19.1. The molecule has 10 nitrogen and oxygen atoms in total. The number of rotatable bonds is 5. The van der Waals surface area contributed by atoms with Crippen LogP contribution in [0.15, 0.2) is 42.5 Å². The third-order valence-electron chi connectivity index (χ3n) is 4.64. The molecule has 0 aromatic heterocycles. The molecule has 2 aromatic rings. The number of carbonyl (C=O) groups excluding carboxylic acids is 1. The smallest absolute Gasteiger partial charge is 0.338 e. The first-order valence-corrected chi connectivity index (χ1v) is 8.52. The lowest BCUT2D eigenvalue weighted by Crippen LogP contribution is -2.46. The zero-order chi connectivity index (χ0) is 20.3. The Bertz CT molecular complexity index is 907. The highest BCUT2D eigenvalue weighted by atomic mass is 16.6. The fourth-order valence-corrected chi connectivity index (χ4v) is 3.17. The number of benzene rings is 2. The van der Waals surface area contributed by atoms with Gasteiger partial charge in [0, 0.05) is 50.1 Å². The fourth-order valence-electron chi connectivity index (χ4n) is 3.17. The summed E-state index contributed by atoms with van der Waals surface area (Å²) < 4.78 is 4.62. The average Bonchev–Trinajstić information content (AvgIpc) is 2.73. The molecule has 1 saturated heterocycles. The number of hydrogen-bond acceptors (Lipinski definition) is 8. The molecule has 28 heavy (non-hydrogen) atoms. The van der Waals surface area contributed by atoms with Crippen molar-refractivity contribution in [3.8, 4) is 0 Å². The molecule has 1 heterocycles. The van der Waals surface area contributed by atoms with Crippen LogP contribution in [0.3, 0.4) is 0 Å². The van der Waals surface area contributed by atoms with Crippen LogP contribution in [0.25, 0.3) is 0 Å². The third-order valence-corrected chi connectivity index (χ3v) is 4.64. The third kappa shape index (κ3) is 3.85. The molecule has 0 saturated carbocycles. The Hall–Kier alpha value is -3.69. The van der Waals surface area contributed by atoms with E-state index in [0.717, 1.165) is 5.69 Å². The maximum absolute atomic E-state index is 11.6. The highest BCUT2D eigenvalue weighted by molar-refractivity contribution is 5.91. The summed E-state index contributed by atoms with van der Waals surface area (Å²) in [5, 5.41) is 22.2. The number of non-ortho nitro benzene ring substituents is 1. The molecule has 1 aliphatic rings. The first-order valence-electron chi connectivity index (χ1n) is 8.52. The number of anilines is 2. The summed E-state index contributed by atoms with van der Waals surface area (Å²) in [4.78, 5) is 36.9. The van der Waals surface area contributed by atoms with Crippen molar-refractivity contribution < 1.29 is 19.4 Å². The van der Waals surface area contributed by atoms with E-state index in [1.54, 1.807) is 18.2 Å². The van der Waals surface area contributed by atoms with Crippen molar-refractivity contribution in [2.75, 3.05) is 43.1 Å². The summed E-state index contributed by atoms with van der Waals surface area (Å²) in [7, 11) is 1.22. The van der Waals surface area contributed by atoms with Crippen molar-refractivity contribution in [1.29, 1.82) is 0 Å². The van der Waals surface area contributed by atoms with Gasteiger partial charge in [-0.15, -0.1) is 0 Å². The van der Waals surface area contributed by atoms with Gasteiger partial charge in [0.25, 0.3) is 11.4 Å². The summed E-state index contributed by atoms with van der Waals surface area (Å²) in [6.45, 7) is 2.28. The van der Waals surface area contributed by atoms with E-state index in [4.69, 9.17) is 0 Å². The fraction of sp³-hybridized carbons (Fsp3) is 0.278. The van der Waals surface area contributed by atoms with Crippen LogP contribution in [0.2, 0.25) is 0 Å². The standard InChI is InChI=1S/C18H18N4O6/c1-28-18(23)13-2-7-16(17(12-13)22(26)27)20-10-8-19(9-11-20)14-3-5-15(6-4-14)21(24)25/h2-7,12H,8-11H2,1H3. The summed E-state index contributed by atoms with van der Waals surface area (Å²) in [5.41, 5.74) is 1.32. The summed E-state index contributed by atoms with van der Waals surface area (Å²) in [5.74, 6) is -0.627. The molecule has 0 radical (unpaired) electrons. The number of ether oxygens (including phenoxy) is 1. The van der Waals surface area contributed by atoms with E-state index in [2.05, 4.69) is 9.64 Å². The van der Waals surface area contributed by atoms with Crippen molar-refractivity contribution in [2.24, 2.45) is 0 Å². The maximum Gasteiger partial charge on any atom is 0.338 e. The van der Waals surface area contributed by atoms with Crippen LogP contribution in [0, 0.1) is 20.2 Å².